The predicted octanol–water partition coefficient (Wildman–Crippen LogP) is 4.10. The lowest BCUT2D eigenvalue weighted by Gasteiger charge is -2.62. The summed E-state index contributed by atoms with van der Waals surface area (Å²) in [4.78, 5) is 37.7. The lowest BCUT2D eigenvalue weighted by atomic mass is 9.44. The molecule has 4 rings (SSSR count). The van der Waals surface area contributed by atoms with Gasteiger partial charge in [0.2, 0.25) is 0 Å². The number of hydrogen-bond acceptors (Lipinski definition) is 5. The van der Waals surface area contributed by atoms with E-state index in [2.05, 4.69) is 0 Å². The van der Waals surface area contributed by atoms with Crippen molar-refractivity contribution >= 4 is 29.1 Å². The van der Waals surface area contributed by atoms with Gasteiger partial charge in [-0.25, -0.2) is 4.39 Å². The first-order valence-electron chi connectivity index (χ1n) is 11.5. The molecule has 0 amide bonds. The summed E-state index contributed by atoms with van der Waals surface area (Å²) >= 11 is 6.01. The lowest BCUT2D eigenvalue weighted by molar-refractivity contribution is -0.227. The van der Waals surface area contributed by atoms with Gasteiger partial charge in [-0.15, -0.1) is 11.6 Å². The summed E-state index contributed by atoms with van der Waals surface area (Å²) in [6.07, 6.45) is 4.67. The van der Waals surface area contributed by atoms with Crippen LogP contribution >= 0.6 is 11.6 Å². The number of fused-ring (bicyclic) bond motifs is 5. The maximum absolute atomic E-state index is 17.2. The second kappa shape index (κ2) is 7.49. The number of esters is 1. The van der Waals surface area contributed by atoms with Crippen LogP contribution in [0.1, 0.15) is 59.8 Å². The number of halogens is 2. The Kier molecular flexibility index (Phi) is 5.53. The number of rotatable bonds is 4. The van der Waals surface area contributed by atoms with Crippen LogP contribution in [0, 0.1) is 28.6 Å². The fourth-order valence-electron chi connectivity index (χ4n) is 7.75. The highest BCUT2D eigenvalue weighted by Gasteiger charge is 2.77. The number of allylic oxidation sites excluding steroid dienone is 4. The smallest absolute Gasteiger partial charge is 0.306 e. The van der Waals surface area contributed by atoms with Crippen LogP contribution in [0.5, 0.6) is 0 Å². The summed E-state index contributed by atoms with van der Waals surface area (Å²) in [7, 11) is 0. The Morgan fingerprint density at radius 2 is 2.00 bits per heavy atom. The van der Waals surface area contributed by atoms with Crippen molar-refractivity contribution in [2.24, 2.45) is 28.6 Å². The van der Waals surface area contributed by atoms with E-state index < -0.39 is 40.1 Å². The second-order valence-electron chi connectivity index (χ2n) is 10.5. The number of aliphatic hydroxyl groups is 1. The number of carbonyl (C=O) groups excluding carboxylic acids is 3. The van der Waals surface area contributed by atoms with Gasteiger partial charge in [0.1, 0.15) is 0 Å². The number of alkyl halides is 2. The van der Waals surface area contributed by atoms with Gasteiger partial charge in [-0.1, -0.05) is 32.4 Å². The Morgan fingerprint density at radius 1 is 1.31 bits per heavy atom. The Morgan fingerprint density at radius 3 is 2.62 bits per heavy atom. The highest BCUT2D eigenvalue weighted by Crippen LogP contribution is 2.71. The van der Waals surface area contributed by atoms with E-state index in [1.54, 1.807) is 19.9 Å². The van der Waals surface area contributed by atoms with E-state index in [0.29, 0.717) is 24.8 Å². The van der Waals surface area contributed by atoms with Crippen LogP contribution in [0.2, 0.25) is 0 Å². The van der Waals surface area contributed by atoms with Gasteiger partial charge in [0.15, 0.2) is 22.8 Å². The van der Waals surface area contributed by atoms with E-state index in [4.69, 9.17) is 16.3 Å². The first-order valence-corrected chi connectivity index (χ1v) is 12.1. The van der Waals surface area contributed by atoms with Gasteiger partial charge in [-0.05, 0) is 50.7 Å². The van der Waals surface area contributed by atoms with Crippen molar-refractivity contribution in [3.05, 3.63) is 23.8 Å². The second-order valence-corrected chi connectivity index (χ2v) is 10.8. The number of ketones is 2. The summed E-state index contributed by atoms with van der Waals surface area (Å²) < 4.78 is 23.1. The van der Waals surface area contributed by atoms with Crippen molar-refractivity contribution in [3.63, 3.8) is 0 Å². The van der Waals surface area contributed by atoms with E-state index in [1.807, 2.05) is 13.8 Å². The number of hydrogen-bond donors (Lipinski definition) is 1. The van der Waals surface area contributed by atoms with Crippen LogP contribution in [-0.4, -0.2) is 45.9 Å². The molecule has 0 saturated heterocycles. The summed E-state index contributed by atoms with van der Waals surface area (Å²) in [5, 5.41) is 11.4. The summed E-state index contributed by atoms with van der Waals surface area (Å²) in [6, 6.07) is 0. The van der Waals surface area contributed by atoms with Crippen molar-refractivity contribution in [1.29, 1.82) is 0 Å². The van der Waals surface area contributed by atoms with Crippen LogP contribution in [0.4, 0.5) is 4.39 Å². The average molecular weight is 467 g/mol. The first-order chi connectivity index (χ1) is 14.9. The van der Waals surface area contributed by atoms with Crippen molar-refractivity contribution in [3.8, 4) is 0 Å². The zero-order valence-corrected chi connectivity index (χ0v) is 19.9. The molecule has 4 aliphatic rings. The molecule has 0 radical (unpaired) electrons. The van der Waals surface area contributed by atoms with Gasteiger partial charge in [-0.2, -0.15) is 0 Å². The Balaban J connectivity index is 1.85. The number of Topliss-reactive ketones (excluding diaryl/α,β-unsaturated/α-hetero) is 1. The Bertz CT molecular complexity index is 929. The molecule has 0 aliphatic heterocycles. The van der Waals surface area contributed by atoms with E-state index in [0.717, 1.165) is 0 Å². The van der Waals surface area contributed by atoms with Gasteiger partial charge >= 0.3 is 5.97 Å². The van der Waals surface area contributed by atoms with Crippen molar-refractivity contribution in [1.82, 2.24) is 0 Å². The Labute approximate surface area is 193 Å². The maximum Gasteiger partial charge on any atom is 0.306 e. The maximum atomic E-state index is 17.2. The molecule has 3 saturated carbocycles. The molecular formula is C25H32ClFO5. The van der Waals surface area contributed by atoms with Crippen LogP contribution in [0.3, 0.4) is 0 Å². The molecule has 0 aromatic heterocycles. The summed E-state index contributed by atoms with van der Waals surface area (Å²) in [5.41, 5.74) is -4.83. The van der Waals surface area contributed by atoms with E-state index >= 15 is 4.39 Å². The number of carbonyl (C=O) groups is 3. The summed E-state index contributed by atoms with van der Waals surface area (Å²) in [6.45, 7) is 7.13. The quantitative estimate of drug-likeness (QED) is 0.498. The fourth-order valence-corrected chi connectivity index (χ4v) is 7.95. The van der Waals surface area contributed by atoms with Crippen LogP contribution in [0.15, 0.2) is 23.8 Å². The molecule has 4 aliphatic carbocycles. The minimum atomic E-state index is -1.99. The normalized spacial score (nSPS) is 47.2. The molecule has 0 aromatic rings. The highest BCUT2D eigenvalue weighted by atomic mass is 35.5. The third-order valence-electron chi connectivity index (χ3n) is 9.28. The van der Waals surface area contributed by atoms with E-state index in [9.17, 15) is 19.5 Å². The molecule has 0 bridgehead atoms. The molecule has 5 nitrogen and oxygen atoms in total. The minimum absolute atomic E-state index is 0.0285. The fraction of sp³-hybridized carbons (Fsp3) is 0.720. The molecule has 32 heavy (non-hydrogen) atoms. The zero-order chi connectivity index (χ0) is 23.7. The minimum Gasteiger partial charge on any atom is -0.450 e. The van der Waals surface area contributed by atoms with Gasteiger partial charge in [0.25, 0.3) is 0 Å². The van der Waals surface area contributed by atoms with Crippen molar-refractivity contribution in [2.45, 2.75) is 77.2 Å². The molecule has 176 valence electrons. The molecule has 1 N–H and O–H groups in total. The topological polar surface area (TPSA) is 80.7 Å². The van der Waals surface area contributed by atoms with E-state index in [1.165, 1.54) is 12.2 Å². The van der Waals surface area contributed by atoms with Crippen molar-refractivity contribution < 1.29 is 28.6 Å². The van der Waals surface area contributed by atoms with Crippen LogP contribution in [-0.2, 0) is 19.1 Å². The molecule has 7 heteroatoms. The standard InChI is InChI=1S/C25H32ClFO5/c1-5-21(31)32-25(20(30)13-26)14(2)10-18-17-7-6-15-11-16(28)8-9-22(15,3)24(17,27)19(29)12-23(18,25)4/h8-9,11,14,17-19,29H,5-7,10,12-13H2,1-4H3/t14?,17?,18?,19?,22?,23?,24-,25-/m0/s1. The lowest BCUT2D eigenvalue weighted by Crippen LogP contribution is -2.70. The Hall–Kier alpha value is -1.53. The predicted molar refractivity (Wildman–Crippen MR) is 118 cm³/mol. The highest BCUT2D eigenvalue weighted by molar-refractivity contribution is 6.29. The largest absolute Gasteiger partial charge is 0.450 e. The monoisotopic (exact) mass is 466 g/mol. The van der Waals surface area contributed by atoms with Gasteiger partial charge < -0.3 is 9.84 Å². The molecule has 0 spiro atoms. The van der Waals surface area contributed by atoms with Crippen LogP contribution in [0.25, 0.3) is 0 Å². The van der Waals surface area contributed by atoms with Crippen molar-refractivity contribution in [2.75, 3.05) is 5.88 Å². The third-order valence-corrected chi connectivity index (χ3v) is 9.52. The molecular weight excluding hydrogens is 435 g/mol. The molecule has 3 fully saturated rings. The molecule has 8 atom stereocenters. The number of ether oxygens (including phenoxy) is 1. The average Bonchev–Trinajstić information content (AvgIpc) is 2.96. The molecule has 6 unspecified atom stereocenters. The van der Waals surface area contributed by atoms with Gasteiger partial charge in [0, 0.05) is 29.1 Å². The number of aliphatic hydroxyl groups excluding tert-OH is 1. The summed E-state index contributed by atoms with van der Waals surface area (Å²) in [5.74, 6) is -2.57. The zero-order valence-electron chi connectivity index (χ0n) is 19.1. The molecule has 0 aromatic carbocycles. The third kappa shape index (κ3) is 2.68. The first kappa shape index (κ1) is 23.6. The van der Waals surface area contributed by atoms with Crippen LogP contribution < -0.4 is 0 Å². The molecule has 0 heterocycles. The van der Waals surface area contributed by atoms with E-state index in [-0.39, 0.29) is 42.1 Å². The van der Waals surface area contributed by atoms with Gasteiger partial charge in [-0.3, -0.25) is 14.4 Å². The van der Waals surface area contributed by atoms with Gasteiger partial charge in [0.05, 0.1) is 12.0 Å². The SMILES string of the molecule is CCC(=O)O[C@]1(C(=O)CCl)C(C)CC2C3CCC4=CC(=O)C=CC4(C)[C@@]3(F)C(O)CC21C.